The Balaban J connectivity index is 1.89. The van der Waals surface area contributed by atoms with Gasteiger partial charge in [-0.25, -0.2) is 0 Å². The summed E-state index contributed by atoms with van der Waals surface area (Å²) >= 11 is 0. The highest BCUT2D eigenvalue weighted by molar-refractivity contribution is 5.83. The molecule has 2 fully saturated rings. The first-order valence-electron chi connectivity index (χ1n) is 7.29. The van der Waals surface area contributed by atoms with E-state index in [0.717, 1.165) is 32.5 Å². The molecule has 1 aliphatic heterocycles. The van der Waals surface area contributed by atoms with E-state index in [0.29, 0.717) is 5.91 Å². The Bertz CT molecular complexity index is 299. The number of carbonyl (C=O) groups excluding carboxylic acids is 1. The molecule has 2 aliphatic rings. The molecule has 1 N–H and O–H groups in total. The molecule has 0 bridgehead atoms. The zero-order valence-electron chi connectivity index (χ0n) is 12.0. The third kappa shape index (κ3) is 2.54. The molecule has 1 atom stereocenters. The van der Waals surface area contributed by atoms with Gasteiger partial charge in [0.2, 0.25) is 5.91 Å². The van der Waals surface area contributed by atoms with E-state index in [2.05, 4.69) is 31.2 Å². The topological polar surface area (TPSA) is 35.6 Å². The second-order valence-electron chi connectivity index (χ2n) is 6.07. The van der Waals surface area contributed by atoms with Gasteiger partial charge in [-0.05, 0) is 39.8 Å². The van der Waals surface area contributed by atoms with Crippen LogP contribution in [0.5, 0.6) is 0 Å². The first-order chi connectivity index (χ1) is 8.59. The zero-order chi connectivity index (χ0) is 13.2. The second-order valence-corrected chi connectivity index (χ2v) is 6.07. The fourth-order valence-corrected chi connectivity index (χ4v) is 3.06. The molecule has 0 aromatic heterocycles. The van der Waals surface area contributed by atoms with E-state index in [9.17, 15) is 4.79 Å². The molecule has 1 aliphatic carbocycles. The summed E-state index contributed by atoms with van der Waals surface area (Å²) in [6.45, 7) is 3.81. The molecule has 4 heteroatoms. The summed E-state index contributed by atoms with van der Waals surface area (Å²) in [4.78, 5) is 16.6. The monoisotopic (exact) mass is 253 g/mol. The van der Waals surface area contributed by atoms with Crippen molar-refractivity contribution < 1.29 is 4.79 Å². The molecule has 0 aromatic rings. The fourth-order valence-electron chi connectivity index (χ4n) is 3.06. The van der Waals surface area contributed by atoms with Crippen LogP contribution in [0.15, 0.2) is 0 Å². The lowest BCUT2D eigenvalue weighted by Gasteiger charge is -2.49. The van der Waals surface area contributed by atoms with Crippen LogP contribution < -0.4 is 5.32 Å². The van der Waals surface area contributed by atoms with E-state index in [1.165, 1.54) is 19.3 Å². The van der Waals surface area contributed by atoms with Gasteiger partial charge in [0.25, 0.3) is 0 Å². The van der Waals surface area contributed by atoms with Crippen LogP contribution in [0.25, 0.3) is 0 Å². The van der Waals surface area contributed by atoms with Crippen LogP contribution in [0.3, 0.4) is 0 Å². The van der Waals surface area contributed by atoms with Gasteiger partial charge in [0.15, 0.2) is 0 Å². The van der Waals surface area contributed by atoms with Gasteiger partial charge in [-0.1, -0.05) is 19.8 Å². The Morgan fingerprint density at radius 3 is 2.67 bits per heavy atom. The van der Waals surface area contributed by atoms with E-state index >= 15 is 0 Å². The van der Waals surface area contributed by atoms with Crippen LogP contribution in [-0.2, 0) is 4.79 Å². The molecule has 4 nitrogen and oxygen atoms in total. The van der Waals surface area contributed by atoms with Crippen molar-refractivity contribution in [3.8, 4) is 0 Å². The summed E-state index contributed by atoms with van der Waals surface area (Å²) in [5.74, 6) is 0.316. The number of hydrogen-bond acceptors (Lipinski definition) is 3. The van der Waals surface area contributed by atoms with Crippen molar-refractivity contribution in [3.05, 3.63) is 0 Å². The molecule has 1 heterocycles. The van der Waals surface area contributed by atoms with Gasteiger partial charge in [0.05, 0.1) is 12.7 Å². The maximum absolute atomic E-state index is 12.3. The summed E-state index contributed by atoms with van der Waals surface area (Å²) < 4.78 is 0. The molecular formula is C14H27N3O. The number of likely N-dealkylation sites (N-methyl/N-ethyl adjacent to an activating group) is 1. The van der Waals surface area contributed by atoms with Gasteiger partial charge >= 0.3 is 0 Å². The Morgan fingerprint density at radius 2 is 2.17 bits per heavy atom. The fraction of sp³-hybridized carbons (Fsp3) is 0.929. The van der Waals surface area contributed by atoms with Crippen molar-refractivity contribution >= 4 is 5.91 Å². The molecule has 2 rings (SSSR count). The van der Waals surface area contributed by atoms with E-state index < -0.39 is 0 Å². The highest BCUT2D eigenvalue weighted by atomic mass is 16.2. The quantitative estimate of drug-likeness (QED) is 0.777. The normalized spacial score (nSPS) is 26.8. The third-order valence-electron chi connectivity index (χ3n) is 4.70. The highest BCUT2D eigenvalue weighted by Crippen LogP contribution is 2.37. The minimum Gasteiger partial charge on any atom is -0.327 e. The lowest BCUT2D eigenvalue weighted by Crippen LogP contribution is -2.57. The summed E-state index contributed by atoms with van der Waals surface area (Å²) in [5, 5.41) is 3.36. The summed E-state index contributed by atoms with van der Waals surface area (Å²) in [5.41, 5.74) is 0.247. The smallest absolute Gasteiger partial charge is 0.240 e. The third-order valence-corrected chi connectivity index (χ3v) is 4.70. The van der Waals surface area contributed by atoms with Crippen molar-refractivity contribution in [1.29, 1.82) is 0 Å². The SMILES string of the molecule is CCCCC1NCN(CC2(N(C)C)CCC2)C1=O. The molecule has 0 spiro atoms. The van der Waals surface area contributed by atoms with Crippen LogP contribution >= 0.6 is 0 Å². The molecule has 0 aromatic carbocycles. The Kier molecular flexibility index (Phi) is 4.28. The van der Waals surface area contributed by atoms with E-state index in [4.69, 9.17) is 0 Å². The van der Waals surface area contributed by atoms with Crippen LogP contribution in [-0.4, -0.2) is 54.6 Å². The number of nitrogens with one attached hydrogen (secondary N) is 1. The Hall–Kier alpha value is -0.610. The van der Waals surface area contributed by atoms with Crippen molar-refractivity contribution in [3.63, 3.8) is 0 Å². The van der Waals surface area contributed by atoms with E-state index in [-0.39, 0.29) is 11.6 Å². The van der Waals surface area contributed by atoms with Gasteiger partial charge in [0.1, 0.15) is 0 Å². The first kappa shape index (κ1) is 13.8. The lowest BCUT2D eigenvalue weighted by molar-refractivity contribution is -0.131. The van der Waals surface area contributed by atoms with Crippen molar-refractivity contribution in [2.75, 3.05) is 27.3 Å². The average Bonchev–Trinajstić information content (AvgIpc) is 2.62. The first-order valence-corrected chi connectivity index (χ1v) is 7.29. The number of nitrogens with zero attached hydrogens (tertiary/aromatic N) is 2. The van der Waals surface area contributed by atoms with Crippen LogP contribution in [0.4, 0.5) is 0 Å². The number of hydrogen-bond donors (Lipinski definition) is 1. The van der Waals surface area contributed by atoms with Crippen LogP contribution in [0, 0.1) is 0 Å². The maximum atomic E-state index is 12.3. The number of amides is 1. The number of carbonyl (C=O) groups is 1. The highest BCUT2D eigenvalue weighted by Gasteiger charge is 2.43. The predicted molar refractivity (Wildman–Crippen MR) is 73.3 cm³/mol. The summed E-state index contributed by atoms with van der Waals surface area (Å²) in [7, 11) is 4.28. The Morgan fingerprint density at radius 1 is 1.44 bits per heavy atom. The van der Waals surface area contributed by atoms with Gasteiger partial charge < -0.3 is 9.80 Å². The van der Waals surface area contributed by atoms with Crippen molar-refractivity contribution in [1.82, 2.24) is 15.1 Å². The molecule has 1 saturated carbocycles. The molecule has 0 radical (unpaired) electrons. The minimum absolute atomic E-state index is 0.0734. The molecule has 1 saturated heterocycles. The lowest BCUT2D eigenvalue weighted by atomic mass is 9.75. The number of rotatable bonds is 6. The summed E-state index contributed by atoms with van der Waals surface area (Å²) in [6.07, 6.45) is 7.03. The Labute approximate surface area is 111 Å². The average molecular weight is 253 g/mol. The molecule has 1 amide bonds. The predicted octanol–water partition coefficient (Wildman–Crippen LogP) is 1.42. The molecular weight excluding hydrogens is 226 g/mol. The molecule has 104 valence electrons. The zero-order valence-corrected chi connectivity index (χ0v) is 12.0. The van der Waals surface area contributed by atoms with Crippen molar-refractivity contribution in [2.45, 2.75) is 57.0 Å². The maximum Gasteiger partial charge on any atom is 0.240 e. The van der Waals surface area contributed by atoms with Crippen LogP contribution in [0.1, 0.15) is 45.4 Å². The van der Waals surface area contributed by atoms with Gasteiger partial charge in [-0.2, -0.15) is 0 Å². The molecule has 1 unspecified atom stereocenters. The largest absolute Gasteiger partial charge is 0.327 e. The van der Waals surface area contributed by atoms with Gasteiger partial charge in [-0.3, -0.25) is 10.1 Å². The standard InChI is InChI=1S/C14H27N3O/c1-4-5-7-12-13(18)17(11-15-12)10-14(16(2)3)8-6-9-14/h12,15H,4-11H2,1-3H3. The minimum atomic E-state index is 0.0734. The summed E-state index contributed by atoms with van der Waals surface area (Å²) in [6, 6.07) is 0.0734. The number of unbranched alkanes of at least 4 members (excludes halogenated alkanes) is 1. The van der Waals surface area contributed by atoms with Crippen LogP contribution in [0.2, 0.25) is 0 Å². The van der Waals surface area contributed by atoms with E-state index in [1.54, 1.807) is 0 Å². The van der Waals surface area contributed by atoms with E-state index in [1.807, 2.05) is 4.90 Å². The van der Waals surface area contributed by atoms with Gasteiger partial charge in [-0.15, -0.1) is 0 Å². The van der Waals surface area contributed by atoms with Gasteiger partial charge in [0, 0.05) is 12.1 Å². The second kappa shape index (κ2) is 5.57. The van der Waals surface area contributed by atoms with Crippen molar-refractivity contribution in [2.24, 2.45) is 0 Å². The molecule has 18 heavy (non-hydrogen) atoms.